The fraction of sp³-hybridized carbons (Fsp3) is 0.320. The molecule has 1 amide bonds. The molecule has 0 spiro atoms. The van der Waals surface area contributed by atoms with Crippen LogP contribution >= 0.6 is 0 Å². The van der Waals surface area contributed by atoms with E-state index in [1.165, 1.54) is 23.1 Å². The van der Waals surface area contributed by atoms with Gasteiger partial charge in [0.1, 0.15) is 11.6 Å². The van der Waals surface area contributed by atoms with Crippen LogP contribution in [-0.2, 0) is 4.79 Å². The second-order valence-electron chi connectivity index (χ2n) is 8.32. The second-order valence-corrected chi connectivity index (χ2v) is 8.32. The number of carbonyl (C=O) groups is 2. The number of aliphatic carboxylic acids is 1. The van der Waals surface area contributed by atoms with Crippen molar-refractivity contribution in [2.75, 3.05) is 5.32 Å². The highest BCUT2D eigenvalue weighted by Crippen LogP contribution is 2.25. The highest BCUT2D eigenvalue weighted by atomic mass is 19.4. The zero-order valence-corrected chi connectivity index (χ0v) is 18.9. The molecule has 0 atom stereocenters. The standard InChI is InChI=1S/C23H24FN3O.C2HF3O2/c1-15-13-22(27-21-8-3-2-7-20(15)21)25-18-9-11-19(12-10-18)26-23(28)16-5-4-6-17(24)14-16;3-2(4,5)1(6)7/h2-8,13-14,18-19H,9-12H2,1H3,(H,25,27)(H,26,28);(H,6,7)/t18-,19+;. The Morgan fingerprint density at radius 2 is 1.60 bits per heavy atom. The fourth-order valence-corrected chi connectivity index (χ4v) is 3.91. The molecule has 1 aliphatic carbocycles. The van der Waals surface area contributed by atoms with E-state index in [9.17, 15) is 22.4 Å². The predicted octanol–water partition coefficient (Wildman–Crippen LogP) is 5.47. The highest BCUT2D eigenvalue weighted by Gasteiger charge is 2.38. The van der Waals surface area contributed by atoms with E-state index >= 15 is 0 Å². The van der Waals surface area contributed by atoms with Gasteiger partial charge in [0, 0.05) is 23.0 Å². The fourth-order valence-electron chi connectivity index (χ4n) is 3.91. The minimum Gasteiger partial charge on any atom is -0.475 e. The van der Waals surface area contributed by atoms with Crippen molar-refractivity contribution in [1.29, 1.82) is 0 Å². The number of benzene rings is 2. The summed E-state index contributed by atoms with van der Waals surface area (Å²) >= 11 is 0. The molecule has 0 bridgehead atoms. The van der Waals surface area contributed by atoms with Gasteiger partial charge < -0.3 is 15.7 Å². The van der Waals surface area contributed by atoms with E-state index in [-0.39, 0.29) is 11.9 Å². The number of aryl methyl sites for hydroxylation is 1. The quantitative estimate of drug-likeness (QED) is 0.421. The Labute approximate surface area is 199 Å². The van der Waals surface area contributed by atoms with Gasteiger partial charge in [0.05, 0.1) is 5.52 Å². The lowest BCUT2D eigenvalue weighted by Gasteiger charge is -2.30. The molecular weight excluding hydrogens is 466 g/mol. The Morgan fingerprint density at radius 1 is 0.971 bits per heavy atom. The van der Waals surface area contributed by atoms with Crippen LogP contribution in [0.15, 0.2) is 54.6 Å². The molecule has 186 valence electrons. The summed E-state index contributed by atoms with van der Waals surface area (Å²) in [4.78, 5) is 25.9. The normalized spacial score (nSPS) is 17.7. The maximum Gasteiger partial charge on any atom is 0.490 e. The molecule has 6 nitrogen and oxygen atoms in total. The Balaban J connectivity index is 0.000000429. The van der Waals surface area contributed by atoms with Crippen molar-refractivity contribution < 1.29 is 32.3 Å². The molecule has 1 saturated carbocycles. The van der Waals surface area contributed by atoms with E-state index in [1.807, 2.05) is 18.2 Å². The SMILES string of the molecule is Cc1cc(N[C@H]2CC[C@@H](NC(=O)c3cccc(F)c3)CC2)nc2ccccc12.O=C(O)C(F)(F)F. The number of fused-ring (bicyclic) bond motifs is 1. The molecule has 3 aromatic rings. The van der Waals surface area contributed by atoms with Crippen LogP contribution in [0.25, 0.3) is 10.9 Å². The van der Waals surface area contributed by atoms with E-state index < -0.39 is 18.0 Å². The third-order valence-electron chi connectivity index (χ3n) is 5.67. The lowest BCUT2D eigenvalue weighted by atomic mass is 9.91. The number of hydrogen-bond donors (Lipinski definition) is 3. The molecule has 4 rings (SSSR count). The summed E-state index contributed by atoms with van der Waals surface area (Å²) in [5, 5.41) is 14.9. The summed E-state index contributed by atoms with van der Waals surface area (Å²) in [5.41, 5.74) is 2.58. The van der Waals surface area contributed by atoms with Gasteiger partial charge in [-0.1, -0.05) is 24.3 Å². The summed E-state index contributed by atoms with van der Waals surface area (Å²) in [5.74, 6) is -2.45. The van der Waals surface area contributed by atoms with Crippen LogP contribution in [0.1, 0.15) is 41.6 Å². The second kappa shape index (κ2) is 11.2. The molecule has 3 N–H and O–H groups in total. The van der Waals surface area contributed by atoms with Gasteiger partial charge >= 0.3 is 12.1 Å². The number of carbonyl (C=O) groups excluding carboxylic acids is 1. The first-order chi connectivity index (χ1) is 16.5. The van der Waals surface area contributed by atoms with Crippen molar-refractivity contribution in [2.24, 2.45) is 0 Å². The highest BCUT2D eigenvalue weighted by molar-refractivity contribution is 5.94. The third-order valence-corrected chi connectivity index (χ3v) is 5.67. The van der Waals surface area contributed by atoms with E-state index in [4.69, 9.17) is 14.9 Å². The minimum atomic E-state index is -5.08. The Morgan fingerprint density at radius 3 is 2.23 bits per heavy atom. The third kappa shape index (κ3) is 7.40. The number of para-hydroxylation sites is 1. The molecular formula is C25H25F4N3O3. The van der Waals surface area contributed by atoms with Gasteiger partial charge in [-0.05, 0) is 68.5 Å². The first kappa shape index (κ1) is 25.9. The number of pyridine rings is 1. The summed E-state index contributed by atoms with van der Waals surface area (Å²) in [6.07, 6.45) is -1.38. The van der Waals surface area contributed by atoms with E-state index in [1.54, 1.807) is 12.1 Å². The average Bonchev–Trinajstić information content (AvgIpc) is 2.80. The summed E-state index contributed by atoms with van der Waals surface area (Å²) < 4.78 is 45.0. The molecule has 1 aromatic heterocycles. The summed E-state index contributed by atoms with van der Waals surface area (Å²) in [6.45, 7) is 2.11. The van der Waals surface area contributed by atoms with Gasteiger partial charge in [-0.3, -0.25) is 4.79 Å². The molecule has 1 fully saturated rings. The molecule has 1 aliphatic rings. The molecule has 0 saturated heterocycles. The molecule has 10 heteroatoms. The van der Waals surface area contributed by atoms with Crippen molar-refractivity contribution in [3.05, 3.63) is 71.5 Å². The summed E-state index contributed by atoms with van der Waals surface area (Å²) in [7, 11) is 0. The monoisotopic (exact) mass is 491 g/mol. The number of nitrogens with one attached hydrogen (secondary N) is 2. The number of carboxylic acids is 1. The molecule has 0 aliphatic heterocycles. The Kier molecular flexibility index (Phi) is 8.26. The zero-order valence-electron chi connectivity index (χ0n) is 18.9. The van der Waals surface area contributed by atoms with Crippen LogP contribution in [0.4, 0.5) is 23.4 Å². The van der Waals surface area contributed by atoms with Crippen LogP contribution in [0.3, 0.4) is 0 Å². The predicted molar refractivity (Wildman–Crippen MR) is 124 cm³/mol. The molecule has 1 heterocycles. The van der Waals surface area contributed by atoms with E-state index in [0.717, 1.165) is 37.0 Å². The van der Waals surface area contributed by atoms with Gasteiger partial charge in [-0.25, -0.2) is 14.2 Å². The van der Waals surface area contributed by atoms with Crippen molar-refractivity contribution in [3.63, 3.8) is 0 Å². The number of rotatable bonds is 4. The molecule has 0 unspecified atom stereocenters. The first-order valence-corrected chi connectivity index (χ1v) is 11.0. The van der Waals surface area contributed by atoms with Crippen molar-refractivity contribution in [2.45, 2.75) is 50.9 Å². The van der Waals surface area contributed by atoms with Gasteiger partial charge in [-0.15, -0.1) is 0 Å². The van der Waals surface area contributed by atoms with Gasteiger partial charge in [0.15, 0.2) is 0 Å². The Hall–Kier alpha value is -3.69. The van der Waals surface area contributed by atoms with Crippen LogP contribution in [0.5, 0.6) is 0 Å². The van der Waals surface area contributed by atoms with Crippen molar-refractivity contribution in [1.82, 2.24) is 10.3 Å². The zero-order chi connectivity index (χ0) is 25.6. The molecule has 35 heavy (non-hydrogen) atoms. The van der Waals surface area contributed by atoms with Gasteiger partial charge in [-0.2, -0.15) is 13.2 Å². The maximum atomic E-state index is 13.3. The molecule has 2 aromatic carbocycles. The van der Waals surface area contributed by atoms with Crippen LogP contribution in [0, 0.1) is 12.7 Å². The van der Waals surface area contributed by atoms with Crippen molar-refractivity contribution >= 4 is 28.6 Å². The lowest BCUT2D eigenvalue weighted by Crippen LogP contribution is -2.40. The maximum absolute atomic E-state index is 13.3. The summed E-state index contributed by atoms with van der Waals surface area (Å²) in [6, 6.07) is 16.5. The number of anilines is 1. The van der Waals surface area contributed by atoms with Gasteiger partial charge in [0.2, 0.25) is 0 Å². The number of halogens is 4. The van der Waals surface area contributed by atoms with Gasteiger partial charge in [0.25, 0.3) is 5.91 Å². The number of nitrogens with zero attached hydrogens (tertiary/aromatic N) is 1. The smallest absolute Gasteiger partial charge is 0.475 e. The van der Waals surface area contributed by atoms with Crippen LogP contribution < -0.4 is 10.6 Å². The average molecular weight is 491 g/mol. The largest absolute Gasteiger partial charge is 0.490 e. The number of hydrogen-bond acceptors (Lipinski definition) is 4. The number of amides is 1. The van der Waals surface area contributed by atoms with E-state index in [2.05, 4.69) is 29.7 Å². The lowest BCUT2D eigenvalue weighted by molar-refractivity contribution is -0.192. The minimum absolute atomic E-state index is 0.125. The Bertz CT molecular complexity index is 1190. The first-order valence-electron chi connectivity index (χ1n) is 11.0. The number of carboxylic acid groups (broad SMARTS) is 1. The van der Waals surface area contributed by atoms with Crippen LogP contribution in [-0.4, -0.2) is 40.2 Å². The topological polar surface area (TPSA) is 91.3 Å². The number of alkyl halides is 3. The number of aromatic nitrogens is 1. The molecule has 0 radical (unpaired) electrons. The van der Waals surface area contributed by atoms with E-state index in [0.29, 0.717) is 11.6 Å². The van der Waals surface area contributed by atoms with Crippen molar-refractivity contribution in [3.8, 4) is 0 Å². The van der Waals surface area contributed by atoms with Crippen LogP contribution in [0.2, 0.25) is 0 Å².